The first-order valence-electron chi connectivity index (χ1n) is 15.0. The summed E-state index contributed by atoms with van der Waals surface area (Å²) in [5, 5.41) is 30.1. The van der Waals surface area contributed by atoms with Crippen molar-refractivity contribution < 1.29 is 10.2 Å². The molecule has 5 nitrogen and oxygen atoms in total. The van der Waals surface area contributed by atoms with Crippen LogP contribution in [0.15, 0.2) is 0 Å². The molecule has 5 saturated carbocycles. The van der Waals surface area contributed by atoms with Gasteiger partial charge in [0.1, 0.15) is 5.82 Å². The Labute approximate surface area is 212 Å². The van der Waals surface area contributed by atoms with Gasteiger partial charge in [0.25, 0.3) is 0 Å². The molecule has 0 aromatic carbocycles. The molecule has 1 heterocycles. The van der Waals surface area contributed by atoms with E-state index in [0.29, 0.717) is 52.3 Å². The number of aromatic nitrogens is 3. The molecule has 0 saturated heterocycles. The normalized spacial score (nSPS) is 48.2. The van der Waals surface area contributed by atoms with Crippen LogP contribution in [0.4, 0.5) is 0 Å². The third-order valence-corrected chi connectivity index (χ3v) is 12.5. The van der Waals surface area contributed by atoms with Crippen molar-refractivity contribution in [2.24, 2.45) is 52.3 Å². The summed E-state index contributed by atoms with van der Waals surface area (Å²) in [4.78, 5) is 4.78. The van der Waals surface area contributed by atoms with Crippen LogP contribution in [0.3, 0.4) is 0 Å². The molecule has 5 aliphatic carbocycles. The lowest BCUT2D eigenvalue weighted by molar-refractivity contribution is -0.203. The molecule has 6 rings (SSSR count). The van der Waals surface area contributed by atoms with Crippen molar-refractivity contribution in [2.75, 3.05) is 0 Å². The molecule has 3 N–H and O–H groups in total. The third-order valence-electron chi connectivity index (χ3n) is 12.5. The molecule has 5 heteroatoms. The fraction of sp³-hybridized carbons (Fsp3) is 0.933. The number of nitrogens with zero attached hydrogens (tertiary/aromatic N) is 2. The minimum Gasteiger partial charge on any atom is -0.393 e. The quantitative estimate of drug-likeness (QED) is 0.472. The fourth-order valence-corrected chi connectivity index (χ4v) is 10.4. The zero-order chi connectivity index (χ0) is 24.5. The standard InChI is InChI=1S/C30H49N3O2/c1-5-20-24-16-19(34)12-14-30(24,4)23-13-15-29(3)21(9-10-22(29)26(23)27(20)35)17(2)6-11-25-31-28(33-32-25)18-7-8-18/h17-24,26-27,34-35H,5-16H2,1-4H3,(H,31,32,33)/t17-,19-,20-,21-,22+,23+,24?,26+,27-,29-,30-/m1/s1. The molecule has 0 radical (unpaired) electrons. The van der Waals surface area contributed by atoms with Crippen molar-refractivity contribution >= 4 is 0 Å². The average molecular weight is 484 g/mol. The van der Waals surface area contributed by atoms with Gasteiger partial charge in [-0.2, -0.15) is 5.10 Å². The van der Waals surface area contributed by atoms with E-state index in [1.165, 1.54) is 44.9 Å². The Morgan fingerprint density at radius 1 is 0.971 bits per heavy atom. The Hall–Kier alpha value is -0.940. The van der Waals surface area contributed by atoms with Gasteiger partial charge in [-0.25, -0.2) is 4.98 Å². The van der Waals surface area contributed by atoms with Crippen molar-refractivity contribution in [3.05, 3.63) is 11.6 Å². The van der Waals surface area contributed by atoms with Crippen LogP contribution in [-0.4, -0.2) is 37.6 Å². The number of aromatic amines is 1. The van der Waals surface area contributed by atoms with Crippen molar-refractivity contribution in [1.29, 1.82) is 0 Å². The number of fused-ring (bicyclic) bond motifs is 5. The van der Waals surface area contributed by atoms with E-state index in [1.807, 2.05) is 0 Å². The second kappa shape index (κ2) is 8.82. The summed E-state index contributed by atoms with van der Waals surface area (Å²) < 4.78 is 0. The van der Waals surface area contributed by atoms with E-state index >= 15 is 0 Å². The predicted octanol–water partition coefficient (Wildman–Crippen LogP) is 5.88. The van der Waals surface area contributed by atoms with E-state index in [-0.39, 0.29) is 12.2 Å². The summed E-state index contributed by atoms with van der Waals surface area (Å²) in [6.45, 7) is 9.89. The fourth-order valence-electron chi connectivity index (χ4n) is 10.4. The lowest BCUT2D eigenvalue weighted by Gasteiger charge is -2.64. The second-order valence-electron chi connectivity index (χ2n) is 14.1. The number of nitrogens with one attached hydrogen (secondary N) is 1. The molecule has 1 aromatic rings. The second-order valence-corrected chi connectivity index (χ2v) is 14.1. The van der Waals surface area contributed by atoms with Crippen LogP contribution in [0.5, 0.6) is 0 Å². The van der Waals surface area contributed by atoms with Gasteiger partial charge in [-0.1, -0.05) is 34.1 Å². The van der Waals surface area contributed by atoms with Gasteiger partial charge in [-0.3, -0.25) is 5.10 Å². The van der Waals surface area contributed by atoms with E-state index in [2.05, 4.69) is 37.9 Å². The molecule has 196 valence electrons. The monoisotopic (exact) mass is 483 g/mol. The van der Waals surface area contributed by atoms with Gasteiger partial charge in [0.2, 0.25) is 0 Å². The van der Waals surface area contributed by atoms with E-state index in [9.17, 15) is 10.2 Å². The predicted molar refractivity (Wildman–Crippen MR) is 138 cm³/mol. The number of aliphatic hydroxyl groups excluding tert-OH is 2. The summed E-state index contributed by atoms with van der Waals surface area (Å²) in [6.07, 6.45) is 13.6. The van der Waals surface area contributed by atoms with E-state index in [4.69, 9.17) is 4.98 Å². The van der Waals surface area contributed by atoms with Crippen LogP contribution in [0.2, 0.25) is 0 Å². The van der Waals surface area contributed by atoms with Crippen LogP contribution in [0.25, 0.3) is 0 Å². The zero-order valence-corrected chi connectivity index (χ0v) is 22.5. The summed E-state index contributed by atoms with van der Waals surface area (Å²) in [7, 11) is 0. The van der Waals surface area contributed by atoms with Crippen molar-refractivity contribution in [2.45, 2.75) is 123 Å². The first kappa shape index (κ1) is 24.4. The number of H-pyrrole nitrogens is 1. The maximum absolute atomic E-state index is 11.9. The summed E-state index contributed by atoms with van der Waals surface area (Å²) in [6, 6.07) is 0. The van der Waals surface area contributed by atoms with Crippen LogP contribution >= 0.6 is 0 Å². The number of rotatable bonds is 6. The summed E-state index contributed by atoms with van der Waals surface area (Å²) in [5.74, 6) is 6.70. The topological polar surface area (TPSA) is 82.0 Å². The molecule has 0 amide bonds. The zero-order valence-electron chi connectivity index (χ0n) is 22.5. The minimum absolute atomic E-state index is 0.166. The highest BCUT2D eigenvalue weighted by Gasteiger charge is 2.64. The average Bonchev–Trinajstić information content (AvgIpc) is 3.47. The number of aryl methyl sites for hydroxylation is 1. The Balaban J connectivity index is 1.19. The van der Waals surface area contributed by atoms with Crippen molar-refractivity contribution in [3.8, 4) is 0 Å². The smallest absolute Gasteiger partial charge is 0.153 e. The highest BCUT2D eigenvalue weighted by molar-refractivity contribution is 5.13. The van der Waals surface area contributed by atoms with E-state index in [0.717, 1.165) is 49.7 Å². The molecule has 0 bridgehead atoms. The number of hydrogen-bond donors (Lipinski definition) is 3. The Morgan fingerprint density at radius 3 is 2.46 bits per heavy atom. The van der Waals surface area contributed by atoms with Gasteiger partial charge in [0.15, 0.2) is 5.82 Å². The maximum atomic E-state index is 11.9. The van der Waals surface area contributed by atoms with E-state index in [1.54, 1.807) is 0 Å². The van der Waals surface area contributed by atoms with Gasteiger partial charge in [0, 0.05) is 12.3 Å². The Kier molecular flexibility index (Phi) is 6.15. The molecule has 0 spiro atoms. The number of hydrogen-bond acceptors (Lipinski definition) is 4. The van der Waals surface area contributed by atoms with Gasteiger partial charge in [-0.15, -0.1) is 0 Å². The van der Waals surface area contributed by atoms with E-state index < -0.39 is 0 Å². The van der Waals surface area contributed by atoms with Gasteiger partial charge < -0.3 is 10.2 Å². The van der Waals surface area contributed by atoms with Gasteiger partial charge in [0.05, 0.1) is 12.2 Å². The third kappa shape index (κ3) is 3.85. The molecule has 5 fully saturated rings. The van der Waals surface area contributed by atoms with Gasteiger partial charge >= 0.3 is 0 Å². The first-order chi connectivity index (χ1) is 16.8. The van der Waals surface area contributed by atoms with Crippen LogP contribution in [0.1, 0.15) is 116 Å². The molecule has 5 aliphatic rings. The van der Waals surface area contributed by atoms with Crippen molar-refractivity contribution in [3.63, 3.8) is 0 Å². The van der Waals surface area contributed by atoms with Crippen LogP contribution < -0.4 is 0 Å². The van der Waals surface area contributed by atoms with Gasteiger partial charge in [-0.05, 0) is 116 Å². The molecular formula is C30H49N3O2. The molecule has 1 aromatic heterocycles. The first-order valence-corrected chi connectivity index (χ1v) is 15.0. The summed E-state index contributed by atoms with van der Waals surface area (Å²) in [5.41, 5.74) is 0.637. The molecule has 0 aliphatic heterocycles. The lowest BCUT2D eigenvalue weighted by atomic mass is 9.41. The molecule has 35 heavy (non-hydrogen) atoms. The highest BCUT2D eigenvalue weighted by atomic mass is 16.3. The Bertz CT molecular complexity index is 913. The maximum Gasteiger partial charge on any atom is 0.153 e. The SMILES string of the molecule is CC[C@@H]1C2C[C@H](O)CC[C@]2(C)[C@H]2CC[C@]3(C)[C@@H]([C@H](C)CCc4nc(C5CC5)n[nH]4)CC[C@H]3[C@@H]2[C@@H]1O. The Morgan fingerprint density at radius 2 is 1.71 bits per heavy atom. The lowest BCUT2D eigenvalue weighted by Crippen LogP contribution is -2.62. The summed E-state index contributed by atoms with van der Waals surface area (Å²) >= 11 is 0. The molecular weight excluding hydrogens is 434 g/mol. The van der Waals surface area contributed by atoms with Crippen LogP contribution in [-0.2, 0) is 6.42 Å². The number of aliphatic hydroxyl groups is 2. The largest absolute Gasteiger partial charge is 0.393 e. The van der Waals surface area contributed by atoms with Crippen molar-refractivity contribution in [1.82, 2.24) is 15.2 Å². The molecule has 1 unspecified atom stereocenters. The van der Waals surface area contributed by atoms with Crippen LogP contribution in [0, 0.1) is 52.3 Å². The highest BCUT2D eigenvalue weighted by Crippen LogP contribution is 2.69. The minimum atomic E-state index is -0.193. The molecule has 11 atom stereocenters.